The van der Waals surface area contributed by atoms with E-state index in [4.69, 9.17) is 0 Å². The molecule has 0 N–H and O–H groups in total. The van der Waals surface area contributed by atoms with Gasteiger partial charge < -0.3 is 5.53 Å². The summed E-state index contributed by atoms with van der Waals surface area (Å²) >= 11 is 0. The molecule has 3 rings (SSSR count). The average Bonchev–Trinajstić information content (AvgIpc) is 3.33. The van der Waals surface area contributed by atoms with Crippen molar-refractivity contribution in [2.75, 3.05) is 0 Å². The van der Waals surface area contributed by atoms with Crippen LogP contribution >= 0.6 is 0 Å². The number of rotatable bonds is 22. The summed E-state index contributed by atoms with van der Waals surface area (Å²) in [7, 11) is 0. The number of benzene rings is 2. The molecule has 0 aliphatic carbocycles. The summed E-state index contributed by atoms with van der Waals surface area (Å²) in [4.78, 5) is 0. The van der Waals surface area contributed by atoms with Gasteiger partial charge in [-0.25, -0.2) is 4.70 Å². The van der Waals surface area contributed by atoms with Crippen molar-refractivity contribution in [2.45, 2.75) is 177 Å². The van der Waals surface area contributed by atoms with Crippen LogP contribution in [0.25, 0.3) is 16.9 Å². The summed E-state index contributed by atoms with van der Waals surface area (Å²) in [6.45, 7) is 18.4. The molecule has 47 heavy (non-hydrogen) atoms. The first-order chi connectivity index (χ1) is 22.9. The normalized spacial score (nSPS) is 13.7. The van der Waals surface area contributed by atoms with Crippen molar-refractivity contribution in [3.63, 3.8) is 0 Å². The molecule has 2 aromatic carbocycles. The van der Waals surface area contributed by atoms with E-state index in [0.717, 1.165) is 114 Å². The molecule has 0 atom stereocenters. The second-order valence-electron chi connectivity index (χ2n) is 13.9. The Balaban J connectivity index is 2.37. The Labute approximate surface area is 290 Å². The summed E-state index contributed by atoms with van der Waals surface area (Å²) in [6, 6.07) is 9.76. The molecule has 2 heteroatoms. The van der Waals surface area contributed by atoms with E-state index in [-0.39, 0.29) is 0 Å². The summed E-state index contributed by atoms with van der Waals surface area (Å²) in [5, 5.41) is 0. The van der Waals surface area contributed by atoms with E-state index in [1.165, 1.54) is 63.8 Å². The lowest BCUT2D eigenvalue weighted by atomic mass is 9.87. The molecule has 2 aromatic rings. The van der Waals surface area contributed by atoms with Crippen LogP contribution in [-0.2, 0) is 38.5 Å². The van der Waals surface area contributed by atoms with Gasteiger partial charge in [-0.15, -0.1) is 0 Å². The fourth-order valence-electron chi connectivity index (χ4n) is 7.68. The van der Waals surface area contributed by atoms with Gasteiger partial charge in [-0.3, -0.25) is 0 Å². The van der Waals surface area contributed by atoms with Gasteiger partial charge >= 0.3 is 0 Å². The van der Waals surface area contributed by atoms with Crippen LogP contribution in [0, 0.1) is 0 Å². The van der Waals surface area contributed by atoms with Gasteiger partial charge in [0, 0.05) is 16.7 Å². The SMILES string of the molecule is CCCCCC=CC1=C(c2cc(CCC)c(CCC)c(CCC)c2)[N+](=[N-])C(c2cc(CCC)c(CCC)c(CCC)c2)=C1CCCC. The minimum absolute atomic E-state index is 0.974. The van der Waals surface area contributed by atoms with Crippen LogP contribution < -0.4 is 0 Å². The molecule has 0 spiro atoms. The van der Waals surface area contributed by atoms with Gasteiger partial charge in [0.1, 0.15) is 0 Å². The topological polar surface area (TPSA) is 25.3 Å². The van der Waals surface area contributed by atoms with Gasteiger partial charge in [-0.2, -0.15) is 0 Å². The van der Waals surface area contributed by atoms with Crippen LogP contribution in [0.4, 0.5) is 0 Å². The molecular weight excluding hydrogens is 569 g/mol. The molecule has 1 aliphatic heterocycles. The third-order valence-electron chi connectivity index (χ3n) is 9.82. The third-order valence-corrected chi connectivity index (χ3v) is 9.82. The first-order valence-electron chi connectivity index (χ1n) is 19.9. The van der Waals surface area contributed by atoms with Crippen LogP contribution in [0.1, 0.15) is 183 Å². The summed E-state index contributed by atoms with van der Waals surface area (Å²) in [5.41, 5.74) is 28.5. The second-order valence-corrected chi connectivity index (χ2v) is 13.9. The van der Waals surface area contributed by atoms with E-state index in [1.807, 2.05) is 0 Å². The first-order valence-corrected chi connectivity index (χ1v) is 19.9. The highest BCUT2D eigenvalue weighted by molar-refractivity contribution is 5.85. The van der Waals surface area contributed by atoms with Crippen LogP contribution in [0.15, 0.2) is 47.6 Å². The van der Waals surface area contributed by atoms with Gasteiger partial charge in [0.2, 0.25) is 11.4 Å². The third kappa shape index (κ3) is 9.90. The highest BCUT2D eigenvalue weighted by Gasteiger charge is 2.35. The number of hydrogen-bond donors (Lipinski definition) is 0. The van der Waals surface area contributed by atoms with Crippen LogP contribution in [-0.4, -0.2) is 4.70 Å². The Morgan fingerprint density at radius 3 is 1.32 bits per heavy atom. The summed E-state index contributed by atoms with van der Waals surface area (Å²) < 4.78 is 1.62. The zero-order valence-electron chi connectivity index (χ0n) is 31.8. The van der Waals surface area contributed by atoms with Gasteiger partial charge in [0.05, 0.1) is 5.57 Å². The highest BCUT2D eigenvalue weighted by atomic mass is 15.2. The lowest BCUT2D eigenvalue weighted by molar-refractivity contribution is -0.345. The molecule has 258 valence electrons. The lowest BCUT2D eigenvalue weighted by Crippen LogP contribution is -2.08. The predicted molar refractivity (Wildman–Crippen MR) is 207 cm³/mol. The van der Waals surface area contributed by atoms with E-state index in [0.29, 0.717) is 0 Å². The Morgan fingerprint density at radius 1 is 0.489 bits per heavy atom. The Morgan fingerprint density at radius 2 is 0.915 bits per heavy atom. The molecule has 0 aromatic heterocycles. The maximum Gasteiger partial charge on any atom is 0.215 e. The first kappa shape index (κ1) is 38.7. The van der Waals surface area contributed by atoms with Crippen molar-refractivity contribution in [3.8, 4) is 0 Å². The lowest BCUT2D eigenvalue weighted by Gasteiger charge is -2.19. The van der Waals surface area contributed by atoms with E-state index < -0.39 is 0 Å². The van der Waals surface area contributed by atoms with Crippen LogP contribution in [0.5, 0.6) is 0 Å². The van der Waals surface area contributed by atoms with Gasteiger partial charge in [0.15, 0.2) is 0 Å². The van der Waals surface area contributed by atoms with Crippen molar-refractivity contribution in [2.24, 2.45) is 0 Å². The second kappa shape index (κ2) is 20.6. The maximum absolute atomic E-state index is 12.5. The molecular formula is C45H68N2. The molecule has 1 heterocycles. The zero-order valence-corrected chi connectivity index (χ0v) is 31.8. The van der Waals surface area contributed by atoms with Crippen LogP contribution in [0.3, 0.4) is 0 Å². The Bertz CT molecular complexity index is 1350. The number of aryl methyl sites for hydroxylation is 4. The van der Waals surface area contributed by atoms with Gasteiger partial charge in [-0.1, -0.05) is 125 Å². The molecule has 0 bridgehead atoms. The maximum atomic E-state index is 12.5. The number of nitrogens with zero attached hydrogens (tertiary/aromatic N) is 2. The van der Waals surface area contributed by atoms with E-state index in [2.05, 4.69) is 91.8 Å². The van der Waals surface area contributed by atoms with Crippen molar-refractivity contribution in [3.05, 3.63) is 97.6 Å². The smallest absolute Gasteiger partial charge is 0.215 e. The van der Waals surface area contributed by atoms with Crippen LogP contribution in [0.2, 0.25) is 0 Å². The molecule has 0 amide bonds. The van der Waals surface area contributed by atoms with E-state index in [1.54, 1.807) is 15.8 Å². The number of unbranched alkanes of at least 4 members (excludes halogenated alkanes) is 4. The molecule has 0 saturated carbocycles. The molecule has 1 aliphatic rings. The predicted octanol–water partition coefficient (Wildman–Crippen LogP) is 13.9. The zero-order chi connectivity index (χ0) is 34.2. The Kier molecular flexibility index (Phi) is 17.0. The molecule has 0 unspecified atom stereocenters. The van der Waals surface area contributed by atoms with Crippen molar-refractivity contribution in [1.29, 1.82) is 0 Å². The van der Waals surface area contributed by atoms with Gasteiger partial charge in [0.25, 0.3) is 0 Å². The standard InChI is InChI=1S/C45H68N2/c1-9-17-19-20-21-29-43-42(28-18-10-2)44(38-30-34(22-11-3)40(26-15-7)35(31-38)23-12-4)47(46)45(43)39-32-36(24-13-5)41(27-16-8)37(33-39)25-14-6/h21,29-33H,9-20,22-28H2,1-8H3. The average molecular weight is 637 g/mol. The number of allylic oxidation sites excluding steroid dienone is 4. The fourth-order valence-corrected chi connectivity index (χ4v) is 7.68. The molecule has 0 saturated heterocycles. The Hall–Kier alpha value is -2.74. The highest BCUT2D eigenvalue weighted by Crippen LogP contribution is 2.45. The molecule has 2 nitrogen and oxygen atoms in total. The largest absolute Gasteiger partial charge is 0.493 e. The number of hydrogen-bond acceptors (Lipinski definition) is 0. The summed E-state index contributed by atoms with van der Waals surface area (Å²) in [5.74, 6) is 0. The van der Waals surface area contributed by atoms with E-state index >= 15 is 0 Å². The van der Waals surface area contributed by atoms with Crippen molar-refractivity contribution in [1.82, 2.24) is 0 Å². The summed E-state index contributed by atoms with van der Waals surface area (Å²) in [6.07, 6.45) is 26.2. The quantitative estimate of drug-likeness (QED) is 0.0907. The monoisotopic (exact) mass is 637 g/mol. The molecule has 0 radical (unpaired) electrons. The molecule has 0 fully saturated rings. The minimum atomic E-state index is 0.974. The van der Waals surface area contributed by atoms with Crippen molar-refractivity contribution >= 4 is 11.4 Å². The fraction of sp³-hybridized carbons (Fsp3) is 0.600. The van der Waals surface area contributed by atoms with Gasteiger partial charge in [-0.05, 0) is 122 Å². The van der Waals surface area contributed by atoms with Crippen molar-refractivity contribution < 1.29 is 4.70 Å². The minimum Gasteiger partial charge on any atom is -0.493 e. The van der Waals surface area contributed by atoms with E-state index in [9.17, 15) is 5.53 Å².